The van der Waals surface area contributed by atoms with Gasteiger partial charge in [-0.25, -0.2) is 20.4 Å². The van der Waals surface area contributed by atoms with Gasteiger partial charge in [0, 0.05) is 11.4 Å². The highest BCUT2D eigenvalue weighted by Gasteiger charge is 1.97. The SMILES string of the molecule is C/C(CCCCCCCC/C(C)=N/NC(N)=O)=N\NC(N)=O. The van der Waals surface area contributed by atoms with E-state index in [1.54, 1.807) is 0 Å². The van der Waals surface area contributed by atoms with Crippen LogP contribution in [0.5, 0.6) is 0 Å². The van der Waals surface area contributed by atoms with Crippen molar-refractivity contribution in [1.29, 1.82) is 0 Å². The highest BCUT2D eigenvalue weighted by molar-refractivity contribution is 5.84. The van der Waals surface area contributed by atoms with Gasteiger partial charge in [-0.05, 0) is 39.5 Å². The smallest absolute Gasteiger partial charge is 0.332 e. The van der Waals surface area contributed by atoms with Gasteiger partial charge >= 0.3 is 12.1 Å². The molecule has 0 radical (unpaired) electrons. The summed E-state index contributed by atoms with van der Waals surface area (Å²) in [5, 5.41) is 7.72. The molecule has 8 heteroatoms. The lowest BCUT2D eigenvalue weighted by molar-refractivity contribution is 0.248. The normalized spacial score (nSPS) is 12.1. The maximum atomic E-state index is 10.5. The number of primary amides is 2. The maximum absolute atomic E-state index is 10.5. The Kier molecular flexibility index (Phi) is 11.4. The second-order valence-electron chi connectivity index (χ2n) is 5.27. The molecule has 0 unspecified atom stereocenters. The molecule has 0 aromatic rings. The Morgan fingerprint density at radius 1 is 0.727 bits per heavy atom. The topological polar surface area (TPSA) is 135 Å². The molecule has 0 atom stereocenters. The van der Waals surface area contributed by atoms with Crippen molar-refractivity contribution < 1.29 is 9.59 Å². The van der Waals surface area contributed by atoms with Crippen LogP contribution in [0, 0.1) is 0 Å². The van der Waals surface area contributed by atoms with Gasteiger partial charge in [0.2, 0.25) is 0 Å². The summed E-state index contributed by atoms with van der Waals surface area (Å²) in [7, 11) is 0. The van der Waals surface area contributed by atoms with Crippen molar-refractivity contribution in [1.82, 2.24) is 10.9 Å². The number of carbonyl (C=O) groups excluding carboxylic acids is 2. The number of nitrogens with zero attached hydrogens (tertiary/aromatic N) is 2. The first-order valence-electron chi connectivity index (χ1n) is 7.59. The van der Waals surface area contributed by atoms with Crippen LogP contribution in [0.15, 0.2) is 10.2 Å². The Bertz CT molecular complexity index is 368. The fraction of sp³-hybridized carbons (Fsp3) is 0.714. The Labute approximate surface area is 131 Å². The minimum Gasteiger partial charge on any atom is -0.350 e. The lowest BCUT2D eigenvalue weighted by Crippen LogP contribution is -2.25. The Morgan fingerprint density at radius 3 is 1.36 bits per heavy atom. The van der Waals surface area contributed by atoms with Crippen LogP contribution in [0.25, 0.3) is 0 Å². The van der Waals surface area contributed by atoms with Gasteiger partial charge in [-0.15, -0.1) is 0 Å². The van der Waals surface area contributed by atoms with Crippen LogP contribution in [0.3, 0.4) is 0 Å². The van der Waals surface area contributed by atoms with E-state index in [0.717, 1.165) is 49.9 Å². The monoisotopic (exact) mass is 312 g/mol. The zero-order chi connectivity index (χ0) is 16.8. The number of rotatable bonds is 11. The number of amides is 4. The Morgan fingerprint density at radius 2 is 1.05 bits per heavy atom. The van der Waals surface area contributed by atoms with E-state index in [1.807, 2.05) is 13.8 Å². The average Bonchev–Trinajstić information content (AvgIpc) is 2.45. The van der Waals surface area contributed by atoms with Gasteiger partial charge in [-0.2, -0.15) is 10.2 Å². The van der Waals surface area contributed by atoms with Crippen molar-refractivity contribution in [2.75, 3.05) is 0 Å². The van der Waals surface area contributed by atoms with Gasteiger partial charge in [-0.1, -0.05) is 25.7 Å². The van der Waals surface area contributed by atoms with Crippen LogP contribution in [0.2, 0.25) is 0 Å². The molecule has 126 valence electrons. The molecule has 22 heavy (non-hydrogen) atoms. The van der Waals surface area contributed by atoms with Crippen LogP contribution in [-0.4, -0.2) is 23.5 Å². The number of hydrogen-bond donors (Lipinski definition) is 4. The first kappa shape index (κ1) is 19.9. The van der Waals surface area contributed by atoms with Crippen molar-refractivity contribution >= 4 is 23.5 Å². The molecule has 0 saturated heterocycles. The first-order valence-corrected chi connectivity index (χ1v) is 7.59. The summed E-state index contributed by atoms with van der Waals surface area (Å²) in [6, 6.07) is -1.27. The predicted octanol–water partition coefficient (Wildman–Crippen LogP) is 2.20. The van der Waals surface area contributed by atoms with E-state index < -0.39 is 12.1 Å². The summed E-state index contributed by atoms with van der Waals surface area (Å²) in [4.78, 5) is 20.9. The zero-order valence-corrected chi connectivity index (χ0v) is 13.5. The van der Waals surface area contributed by atoms with Crippen LogP contribution in [0.1, 0.15) is 65.2 Å². The third kappa shape index (κ3) is 14.3. The number of hydrogen-bond acceptors (Lipinski definition) is 4. The molecule has 0 saturated carbocycles. The zero-order valence-electron chi connectivity index (χ0n) is 13.5. The minimum atomic E-state index is -0.635. The fourth-order valence-corrected chi connectivity index (χ4v) is 1.88. The second kappa shape index (κ2) is 12.6. The van der Waals surface area contributed by atoms with E-state index in [4.69, 9.17) is 11.5 Å². The number of nitrogens with two attached hydrogens (primary N) is 2. The van der Waals surface area contributed by atoms with Crippen LogP contribution in [0.4, 0.5) is 9.59 Å². The summed E-state index contributed by atoms with van der Waals surface area (Å²) in [5.74, 6) is 0. The van der Waals surface area contributed by atoms with Gasteiger partial charge < -0.3 is 11.5 Å². The van der Waals surface area contributed by atoms with Crippen molar-refractivity contribution in [2.45, 2.75) is 65.2 Å². The van der Waals surface area contributed by atoms with E-state index in [2.05, 4.69) is 21.1 Å². The third-order valence-corrected chi connectivity index (χ3v) is 3.04. The van der Waals surface area contributed by atoms with Gasteiger partial charge in [0.25, 0.3) is 0 Å². The fourth-order valence-electron chi connectivity index (χ4n) is 1.88. The van der Waals surface area contributed by atoms with Gasteiger partial charge in [-0.3, -0.25) is 0 Å². The number of urea groups is 2. The molecule has 0 fully saturated rings. The molecular formula is C14H28N6O2. The molecule has 0 aliphatic rings. The number of carbonyl (C=O) groups is 2. The van der Waals surface area contributed by atoms with Crippen molar-refractivity contribution in [3.63, 3.8) is 0 Å². The van der Waals surface area contributed by atoms with Crippen LogP contribution in [-0.2, 0) is 0 Å². The maximum Gasteiger partial charge on any atom is 0.332 e. The summed E-state index contributed by atoms with van der Waals surface area (Å²) < 4.78 is 0. The summed E-state index contributed by atoms with van der Waals surface area (Å²) in [6.45, 7) is 3.75. The molecule has 8 nitrogen and oxygen atoms in total. The van der Waals surface area contributed by atoms with Crippen molar-refractivity contribution in [2.24, 2.45) is 21.7 Å². The van der Waals surface area contributed by atoms with Crippen LogP contribution < -0.4 is 22.3 Å². The van der Waals surface area contributed by atoms with E-state index in [0.29, 0.717) is 0 Å². The minimum absolute atomic E-state index is 0.635. The molecule has 6 N–H and O–H groups in total. The van der Waals surface area contributed by atoms with Gasteiger partial charge in [0.15, 0.2) is 0 Å². The predicted molar refractivity (Wildman–Crippen MR) is 88.6 cm³/mol. The number of unbranched alkanes of at least 4 members (excludes halogenated alkanes) is 5. The average molecular weight is 312 g/mol. The Balaban J connectivity index is 3.47. The first-order chi connectivity index (χ1) is 10.4. The summed E-state index contributed by atoms with van der Waals surface area (Å²) >= 11 is 0. The second-order valence-corrected chi connectivity index (χ2v) is 5.27. The molecule has 0 rings (SSSR count). The largest absolute Gasteiger partial charge is 0.350 e. The molecular weight excluding hydrogens is 284 g/mol. The molecule has 0 aliphatic heterocycles. The third-order valence-electron chi connectivity index (χ3n) is 3.04. The Hall–Kier alpha value is -2.12. The molecule has 4 amide bonds. The molecule has 0 aromatic carbocycles. The van der Waals surface area contributed by atoms with E-state index in [1.165, 1.54) is 12.8 Å². The molecule has 0 spiro atoms. The highest BCUT2D eigenvalue weighted by Crippen LogP contribution is 2.09. The van der Waals surface area contributed by atoms with E-state index in [9.17, 15) is 9.59 Å². The van der Waals surface area contributed by atoms with Crippen molar-refractivity contribution in [3.05, 3.63) is 0 Å². The highest BCUT2D eigenvalue weighted by atomic mass is 16.2. The molecule has 0 aliphatic carbocycles. The van der Waals surface area contributed by atoms with Gasteiger partial charge in [0.05, 0.1) is 0 Å². The lowest BCUT2D eigenvalue weighted by Gasteiger charge is -2.03. The lowest BCUT2D eigenvalue weighted by atomic mass is 10.1. The van der Waals surface area contributed by atoms with Gasteiger partial charge in [0.1, 0.15) is 0 Å². The number of hydrazone groups is 2. The van der Waals surface area contributed by atoms with Crippen LogP contribution >= 0.6 is 0 Å². The van der Waals surface area contributed by atoms with E-state index in [-0.39, 0.29) is 0 Å². The summed E-state index contributed by atoms with van der Waals surface area (Å²) in [6.07, 6.45) is 8.46. The standard InChI is InChI=1S/C14H28N6O2/c1-11(17-19-13(15)21)9-7-5-3-4-6-8-10-12(2)18-20-14(16)22/h3-10H2,1-2H3,(H3,15,19,21)(H3,16,20,22)/b17-11+,18-12+. The quantitative estimate of drug-likeness (QED) is 0.264. The van der Waals surface area contributed by atoms with E-state index >= 15 is 0 Å². The summed E-state index contributed by atoms with van der Waals surface area (Å²) in [5.41, 5.74) is 16.1. The number of nitrogens with one attached hydrogen (secondary N) is 2. The molecule has 0 bridgehead atoms. The van der Waals surface area contributed by atoms with Crippen molar-refractivity contribution in [3.8, 4) is 0 Å². The molecule has 0 aromatic heterocycles. The molecule has 0 heterocycles.